The van der Waals surface area contributed by atoms with Crippen molar-refractivity contribution in [2.45, 2.75) is 32.8 Å². The maximum atomic E-state index is 11.9. The molecule has 0 radical (unpaired) electrons. The molecule has 0 aromatic carbocycles. The van der Waals surface area contributed by atoms with Crippen LogP contribution in [0, 0.1) is 13.8 Å². The van der Waals surface area contributed by atoms with E-state index in [1.54, 1.807) is 11.8 Å². The Morgan fingerprint density at radius 1 is 1.62 bits per heavy atom. The van der Waals surface area contributed by atoms with Crippen LogP contribution in [0.2, 0.25) is 0 Å². The van der Waals surface area contributed by atoms with Gasteiger partial charge in [0.05, 0.1) is 18.2 Å². The van der Waals surface area contributed by atoms with Gasteiger partial charge in [-0.3, -0.25) is 4.79 Å². The van der Waals surface area contributed by atoms with Crippen molar-refractivity contribution in [3.05, 3.63) is 17.0 Å². The minimum absolute atomic E-state index is 0.0333. The van der Waals surface area contributed by atoms with E-state index >= 15 is 0 Å². The van der Waals surface area contributed by atoms with Crippen LogP contribution in [0.5, 0.6) is 0 Å². The Morgan fingerprint density at radius 3 is 2.88 bits per heavy atom. The molecule has 0 bridgehead atoms. The number of hydrogen-bond donors (Lipinski definition) is 1. The summed E-state index contributed by atoms with van der Waals surface area (Å²) in [6.45, 7) is 4.73. The van der Waals surface area contributed by atoms with Crippen LogP contribution in [-0.2, 0) is 11.2 Å². The molecule has 5 nitrogen and oxygen atoms in total. The zero-order chi connectivity index (χ0) is 11.7. The van der Waals surface area contributed by atoms with Gasteiger partial charge in [-0.15, -0.1) is 0 Å². The molecule has 2 rings (SSSR count). The van der Waals surface area contributed by atoms with Crippen molar-refractivity contribution < 1.29 is 14.4 Å². The molecule has 1 aromatic heterocycles. The van der Waals surface area contributed by atoms with E-state index < -0.39 is 0 Å². The number of likely N-dealkylation sites (tertiary alicyclic amines) is 1. The first kappa shape index (κ1) is 11.1. The molecule has 1 aliphatic rings. The number of carbonyl (C=O) groups is 1. The number of β-amino-alcohol motifs (C(OH)–C–C–N with tert-alkyl or cyclic N) is 1. The van der Waals surface area contributed by atoms with Crippen molar-refractivity contribution in [2.24, 2.45) is 0 Å². The monoisotopic (exact) mass is 224 g/mol. The lowest BCUT2D eigenvalue weighted by molar-refractivity contribution is -0.129. The summed E-state index contributed by atoms with van der Waals surface area (Å²) in [6, 6.07) is 0. The highest BCUT2D eigenvalue weighted by molar-refractivity contribution is 5.79. The van der Waals surface area contributed by atoms with E-state index in [9.17, 15) is 9.90 Å². The smallest absolute Gasteiger partial charge is 0.227 e. The Bertz CT molecular complexity index is 380. The lowest BCUT2D eigenvalue weighted by atomic mass is 10.1. The minimum atomic E-state index is -0.367. The van der Waals surface area contributed by atoms with Gasteiger partial charge in [0.2, 0.25) is 5.91 Å². The van der Waals surface area contributed by atoms with Gasteiger partial charge in [0.15, 0.2) is 0 Å². The third-order valence-corrected chi connectivity index (χ3v) is 3.03. The van der Waals surface area contributed by atoms with Gasteiger partial charge in [0.1, 0.15) is 5.76 Å². The maximum absolute atomic E-state index is 11.9. The number of nitrogens with zero attached hydrogens (tertiary/aromatic N) is 2. The molecule has 1 fully saturated rings. The minimum Gasteiger partial charge on any atom is -0.391 e. The van der Waals surface area contributed by atoms with Crippen LogP contribution in [0.3, 0.4) is 0 Å². The second-order valence-corrected chi connectivity index (χ2v) is 4.26. The summed E-state index contributed by atoms with van der Waals surface area (Å²) in [5.41, 5.74) is 1.64. The van der Waals surface area contributed by atoms with Crippen LogP contribution in [-0.4, -0.2) is 40.3 Å². The fourth-order valence-electron chi connectivity index (χ4n) is 1.99. The van der Waals surface area contributed by atoms with Crippen LogP contribution in [0.15, 0.2) is 4.52 Å². The molecule has 16 heavy (non-hydrogen) atoms. The lowest BCUT2D eigenvalue weighted by Crippen LogP contribution is -2.31. The number of carbonyl (C=O) groups excluding carboxylic acids is 1. The zero-order valence-electron chi connectivity index (χ0n) is 9.56. The summed E-state index contributed by atoms with van der Waals surface area (Å²) in [5, 5.41) is 13.2. The molecule has 1 amide bonds. The van der Waals surface area contributed by atoms with E-state index in [4.69, 9.17) is 4.52 Å². The number of aliphatic hydroxyl groups excluding tert-OH is 1. The summed E-state index contributed by atoms with van der Waals surface area (Å²) < 4.78 is 5.01. The molecule has 0 saturated carbocycles. The Labute approximate surface area is 94.0 Å². The van der Waals surface area contributed by atoms with Crippen LogP contribution < -0.4 is 0 Å². The second kappa shape index (κ2) is 4.25. The van der Waals surface area contributed by atoms with Crippen LogP contribution >= 0.6 is 0 Å². The Balaban J connectivity index is 2.02. The predicted molar refractivity (Wildman–Crippen MR) is 56.9 cm³/mol. The van der Waals surface area contributed by atoms with Gasteiger partial charge in [-0.25, -0.2) is 0 Å². The van der Waals surface area contributed by atoms with Gasteiger partial charge < -0.3 is 14.5 Å². The number of amides is 1. The molecular weight excluding hydrogens is 208 g/mol. The Hall–Kier alpha value is -1.36. The quantitative estimate of drug-likeness (QED) is 0.791. The largest absolute Gasteiger partial charge is 0.391 e. The highest BCUT2D eigenvalue weighted by Gasteiger charge is 2.25. The number of rotatable bonds is 2. The Morgan fingerprint density at radius 2 is 2.38 bits per heavy atom. The molecule has 0 spiro atoms. The average Bonchev–Trinajstić information content (AvgIpc) is 2.79. The molecule has 1 N–H and O–H groups in total. The molecular formula is C11H16N2O3. The highest BCUT2D eigenvalue weighted by Crippen LogP contribution is 2.16. The van der Waals surface area contributed by atoms with Gasteiger partial charge in [0.25, 0.3) is 0 Å². The predicted octanol–water partition coefficient (Wildman–Crippen LogP) is 0.427. The molecule has 1 aromatic rings. The normalized spacial score (nSPS) is 20.4. The molecule has 0 aliphatic carbocycles. The summed E-state index contributed by atoms with van der Waals surface area (Å²) in [7, 11) is 0. The molecule has 1 aliphatic heterocycles. The lowest BCUT2D eigenvalue weighted by Gasteiger charge is -2.15. The molecule has 1 unspecified atom stereocenters. The molecule has 2 heterocycles. The van der Waals surface area contributed by atoms with Crippen LogP contribution in [0.1, 0.15) is 23.4 Å². The van der Waals surface area contributed by atoms with Crippen molar-refractivity contribution in [3.8, 4) is 0 Å². The van der Waals surface area contributed by atoms with Gasteiger partial charge in [-0.1, -0.05) is 5.16 Å². The van der Waals surface area contributed by atoms with Gasteiger partial charge in [0, 0.05) is 18.7 Å². The number of hydrogen-bond acceptors (Lipinski definition) is 4. The van der Waals surface area contributed by atoms with E-state index in [2.05, 4.69) is 5.16 Å². The van der Waals surface area contributed by atoms with Crippen molar-refractivity contribution in [2.75, 3.05) is 13.1 Å². The van der Waals surface area contributed by atoms with Gasteiger partial charge in [-0.2, -0.15) is 0 Å². The van der Waals surface area contributed by atoms with Crippen molar-refractivity contribution in [1.29, 1.82) is 0 Å². The van der Waals surface area contributed by atoms with E-state index in [1.807, 2.05) is 6.92 Å². The fraction of sp³-hybridized carbons (Fsp3) is 0.636. The van der Waals surface area contributed by atoms with Gasteiger partial charge >= 0.3 is 0 Å². The standard InChI is InChI=1S/C11H16N2O3/c1-7-10(8(2)16-12-7)5-11(15)13-4-3-9(14)6-13/h9,14H,3-6H2,1-2H3. The number of aryl methyl sites for hydroxylation is 2. The second-order valence-electron chi connectivity index (χ2n) is 4.26. The van der Waals surface area contributed by atoms with Crippen molar-refractivity contribution in [1.82, 2.24) is 10.1 Å². The van der Waals surface area contributed by atoms with Crippen LogP contribution in [0.4, 0.5) is 0 Å². The summed E-state index contributed by atoms with van der Waals surface area (Å²) in [5.74, 6) is 0.733. The first-order valence-electron chi connectivity index (χ1n) is 5.45. The zero-order valence-corrected chi connectivity index (χ0v) is 9.56. The van der Waals surface area contributed by atoms with E-state index in [0.29, 0.717) is 31.7 Å². The summed E-state index contributed by atoms with van der Waals surface area (Å²) in [4.78, 5) is 13.6. The topological polar surface area (TPSA) is 66.6 Å². The highest BCUT2D eigenvalue weighted by atomic mass is 16.5. The van der Waals surface area contributed by atoms with Crippen LogP contribution in [0.25, 0.3) is 0 Å². The first-order chi connectivity index (χ1) is 7.58. The third kappa shape index (κ3) is 2.09. The van der Waals surface area contributed by atoms with E-state index in [1.165, 1.54) is 0 Å². The fourth-order valence-corrected chi connectivity index (χ4v) is 1.99. The number of aromatic nitrogens is 1. The summed E-state index contributed by atoms with van der Waals surface area (Å²) in [6.07, 6.45) is 0.620. The van der Waals surface area contributed by atoms with Crippen molar-refractivity contribution >= 4 is 5.91 Å². The Kier molecular flexibility index (Phi) is 2.96. The molecule has 1 atom stereocenters. The molecule has 5 heteroatoms. The first-order valence-corrected chi connectivity index (χ1v) is 5.45. The molecule has 88 valence electrons. The third-order valence-electron chi connectivity index (χ3n) is 3.03. The van der Waals surface area contributed by atoms with E-state index in [-0.39, 0.29) is 12.0 Å². The van der Waals surface area contributed by atoms with Crippen molar-refractivity contribution in [3.63, 3.8) is 0 Å². The average molecular weight is 224 g/mol. The SMILES string of the molecule is Cc1noc(C)c1CC(=O)N1CCC(O)C1. The maximum Gasteiger partial charge on any atom is 0.227 e. The van der Waals surface area contributed by atoms with E-state index in [0.717, 1.165) is 11.3 Å². The number of aliphatic hydroxyl groups is 1. The van der Waals surface area contributed by atoms with Gasteiger partial charge in [-0.05, 0) is 20.3 Å². The molecule has 1 saturated heterocycles. The summed E-state index contributed by atoms with van der Waals surface area (Å²) >= 11 is 0.